The largest absolute Gasteiger partial charge is 0.497 e. The van der Waals surface area contributed by atoms with Crippen molar-refractivity contribution in [3.63, 3.8) is 0 Å². The van der Waals surface area contributed by atoms with Gasteiger partial charge >= 0.3 is 5.97 Å². The molecule has 0 bridgehead atoms. The molecule has 0 aliphatic carbocycles. The summed E-state index contributed by atoms with van der Waals surface area (Å²) in [4.78, 5) is 23.2. The van der Waals surface area contributed by atoms with Gasteiger partial charge in [-0.2, -0.15) is 0 Å². The van der Waals surface area contributed by atoms with Gasteiger partial charge < -0.3 is 9.47 Å². The van der Waals surface area contributed by atoms with Crippen LogP contribution in [0.1, 0.15) is 17.3 Å². The SMILES string of the molecule is CCOC(=O)C(=O)c1ccc(-c2ccc(OC)cc2)cc1. The maximum Gasteiger partial charge on any atom is 0.379 e. The second-order valence-corrected chi connectivity index (χ2v) is 4.36. The molecule has 2 aromatic rings. The molecule has 0 spiro atoms. The van der Waals surface area contributed by atoms with Crippen molar-refractivity contribution in [3.05, 3.63) is 54.1 Å². The summed E-state index contributed by atoms with van der Waals surface area (Å²) in [6, 6.07) is 14.4. The van der Waals surface area contributed by atoms with Gasteiger partial charge in [0, 0.05) is 5.56 Å². The van der Waals surface area contributed by atoms with Crippen molar-refractivity contribution in [2.24, 2.45) is 0 Å². The van der Waals surface area contributed by atoms with Gasteiger partial charge in [0.1, 0.15) is 5.75 Å². The van der Waals surface area contributed by atoms with Crippen LogP contribution in [-0.4, -0.2) is 25.5 Å². The zero-order valence-corrected chi connectivity index (χ0v) is 12.0. The summed E-state index contributed by atoms with van der Waals surface area (Å²) in [5, 5.41) is 0. The van der Waals surface area contributed by atoms with E-state index in [0.717, 1.165) is 16.9 Å². The molecular weight excluding hydrogens is 268 g/mol. The quantitative estimate of drug-likeness (QED) is 0.481. The van der Waals surface area contributed by atoms with Crippen molar-refractivity contribution < 1.29 is 19.1 Å². The summed E-state index contributed by atoms with van der Waals surface area (Å²) >= 11 is 0. The van der Waals surface area contributed by atoms with Crippen molar-refractivity contribution in [3.8, 4) is 16.9 Å². The van der Waals surface area contributed by atoms with Crippen molar-refractivity contribution >= 4 is 11.8 Å². The number of ether oxygens (including phenoxy) is 2. The van der Waals surface area contributed by atoms with Gasteiger partial charge in [-0.05, 0) is 30.2 Å². The minimum Gasteiger partial charge on any atom is -0.497 e. The van der Waals surface area contributed by atoms with Crippen LogP contribution in [0.4, 0.5) is 0 Å². The first-order valence-corrected chi connectivity index (χ1v) is 6.61. The first-order valence-electron chi connectivity index (χ1n) is 6.61. The van der Waals surface area contributed by atoms with Crippen LogP contribution in [0, 0.1) is 0 Å². The molecule has 108 valence electrons. The van der Waals surface area contributed by atoms with E-state index < -0.39 is 11.8 Å². The van der Waals surface area contributed by atoms with E-state index in [1.165, 1.54) is 0 Å². The fraction of sp³-hybridized carbons (Fsp3) is 0.176. The van der Waals surface area contributed by atoms with E-state index in [2.05, 4.69) is 0 Å². The Morgan fingerprint density at radius 1 is 0.905 bits per heavy atom. The molecule has 0 unspecified atom stereocenters. The molecule has 21 heavy (non-hydrogen) atoms. The number of hydrogen-bond acceptors (Lipinski definition) is 4. The lowest BCUT2D eigenvalue weighted by Crippen LogP contribution is -2.17. The van der Waals surface area contributed by atoms with Crippen LogP contribution < -0.4 is 4.74 Å². The Kier molecular flexibility index (Phi) is 4.72. The number of esters is 1. The standard InChI is InChI=1S/C17H16O4/c1-3-21-17(19)16(18)14-6-4-12(5-7-14)13-8-10-15(20-2)11-9-13/h4-11H,3H2,1-2H3. The molecule has 4 nitrogen and oxygen atoms in total. The summed E-state index contributed by atoms with van der Waals surface area (Å²) in [5.41, 5.74) is 2.29. The van der Waals surface area contributed by atoms with Crippen molar-refractivity contribution in [1.82, 2.24) is 0 Å². The molecule has 0 aliphatic heterocycles. The highest BCUT2D eigenvalue weighted by Crippen LogP contribution is 2.22. The van der Waals surface area contributed by atoms with Crippen LogP contribution in [0.5, 0.6) is 5.75 Å². The third kappa shape index (κ3) is 3.48. The lowest BCUT2D eigenvalue weighted by atomic mass is 10.0. The zero-order chi connectivity index (χ0) is 15.2. The van der Waals surface area contributed by atoms with E-state index in [9.17, 15) is 9.59 Å². The number of carbonyl (C=O) groups excluding carboxylic acids is 2. The number of hydrogen-bond donors (Lipinski definition) is 0. The van der Waals surface area contributed by atoms with E-state index in [-0.39, 0.29) is 6.61 Å². The first kappa shape index (κ1) is 14.8. The van der Waals surface area contributed by atoms with Gasteiger partial charge in [-0.15, -0.1) is 0 Å². The molecule has 0 atom stereocenters. The Labute approximate surface area is 123 Å². The summed E-state index contributed by atoms with van der Waals surface area (Å²) in [6.45, 7) is 1.85. The molecule has 0 radical (unpaired) electrons. The van der Waals surface area contributed by atoms with Crippen molar-refractivity contribution in [2.45, 2.75) is 6.92 Å². The monoisotopic (exact) mass is 284 g/mol. The molecule has 2 aromatic carbocycles. The van der Waals surface area contributed by atoms with Crippen LogP contribution in [0.2, 0.25) is 0 Å². The minimum absolute atomic E-state index is 0.189. The number of rotatable bonds is 5. The number of carbonyl (C=O) groups is 2. The van der Waals surface area contributed by atoms with Crippen LogP contribution >= 0.6 is 0 Å². The molecule has 2 rings (SSSR count). The van der Waals surface area contributed by atoms with Gasteiger partial charge in [-0.1, -0.05) is 36.4 Å². The summed E-state index contributed by atoms with van der Waals surface area (Å²) < 4.78 is 9.81. The number of benzene rings is 2. The maximum atomic E-state index is 11.8. The predicted octanol–water partition coefficient (Wildman–Crippen LogP) is 3.11. The van der Waals surface area contributed by atoms with Gasteiger partial charge in [-0.25, -0.2) is 4.79 Å². The molecule has 0 aromatic heterocycles. The summed E-state index contributed by atoms with van der Waals surface area (Å²) in [7, 11) is 1.62. The molecule has 0 N–H and O–H groups in total. The molecule has 0 saturated heterocycles. The Bertz CT molecular complexity index is 627. The smallest absolute Gasteiger partial charge is 0.379 e. The number of Topliss-reactive ketones (excluding diaryl/α,β-unsaturated/α-hetero) is 1. The first-order chi connectivity index (χ1) is 10.2. The molecule has 0 aliphatic rings. The van der Waals surface area contributed by atoms with Gasteiger partial charge in [0.05, 0.1) is 13.7 Å². The second kappa shape index (κ2) is 6.70. The Morgan fingerprint density at radius 3 is 1.90 bits per heavy atom. The number of methoxy groups -OCH3 is 1. The fourth-order valence-electron chi connectivity index (χ4n) is 1.91. The van der Waals surface area contributed by atoms with E-state index in [1.54, 1.807) is 38.3 Å². The third-order valence-electron chi connectivity index (χ3n) is 3.03. The number of ketones is 1. The van der Waals surface area contributed by atoms with Crippen LogP contribution in [0.15, 0.2) is 48.5 Å². The van der Waals surface area contributed by atoms with Gasteiger partial charge in [0.15, 0.2) is 0 Å². The third-order valence-corrected chi connectivity index (χ3v) is 3.03. The Hall–Kier alpha value is -2.62. The predicted molar refractivity (Wildman–Crippen MR) is 79.4 cm³/mol. The van der Waals surface area contributed by atoms with E-state index in [4.69, 9.17) is 9.47 Å². The van der Waals surface area contributed by atoms with E-state index in [0.29, 0.717) is 5.56 Å². The second-order valence-electron chi connectivity index (χ2n) is 4.36. The summed E-state index contributed by atoms with van der Waals surface area (Å²) in [5.74, 6) is -0.666. The normalized spacial score (nSPS) is 10.0. The highest BCUT2D eigenvalue weighted by molar-refractivity contribution is 6.40. The Balaban J connectivity index is 2.18. The minimum atomic E-state index is -0.824. The van der Waals surface area contributed by atoms with Crippen molar-refractivity contribution in [2.75, 3.05) is 13.7 Å². The van der Waals surface area contributed by atoms with Gasteiger partial charge in [0.25, 0.3) is 5.78 Å². The fourth-order valence-corrected chi connectivity index (χ4v) is 1.91. The lowest BCUT2D eigenvalue weighted by molar-refractivity contribution is -0.137. The molecule has 0 fully saturated rings. The summed E-state index contributed by atoms with van der Waals surface area (Å²) in [6.07, 6.45) is 0. The zero-order valence-electron chi connectivity index (χ0n) is 12.0. The van der Waals surface area contributed by atoms with Crippen LogP contribution in [0.25, 0.3) is 11.1 Å². The molecule has 0 amide bonds. The van der Waals surface area contributed by atoms with Crippen molar-refractivity contribution in [1.29, 1.82) is 0 Å². The Morgan fingerprint density at radius 2 is 1.43 bits per heavy atom. The van der Waals surface area contributed by atoms with Gasteiger partial charge in [-0.3, -0.25) is 4.79 Å². The van der Waals surface area contributed by atoms with Gasteiger partial charge in [0.2, 0.25) is 0 Å². The highest BCUT2D eigenvalue weighted by Gasteiger charge is 2.17. The van der Waals surface area contributed by atoms with E-state index in [1.807, 2.05) is 24.3 Å². The van der Waals surface area contributed by atoms with E-state index >= 15 is 0 Å². The van der Waals surface area contributed by atoms with Crippen LogP contribution in [-0.2, 0) is 9.53 Å². The molecule has 0 saturated carbocycles. The van der Waals surface area contributed by atoms with Crippen LogP contribution in [0.3, 0.4) is 0 Å². The average molecular weight is 284 g/mol. The average Bonchev–Trinajstić information content (AvgIpc) is 2.54. The maximum absolute atomic E-state index is 11.8. The highest BCUT2D eigenvalue weighted by atomic mass is 16.5. The lowest BCUT2D eigenvalue weighted by Gasteiger charge is -2.05. The topological polar surface area (TPSA) is 52.6 Å². The molecular formula is C17H16O4. The molecule has 0 heterocycles. The molecule has 4 heteroatoms.